The summed E-state index contributed by atoms with van der Waals surface area (Å²) in [6.07, 6.45) is 5.91. The summed E-state index contributed by atoms with van der Waals surface area (Å²) in [7, 11) is -3.27. The van der Waals surface area contributed by atoms with Crippen LogP contribution in [0.15, 0.2) is 24.7 Å². The van der Waals surface area contributed by atoms with Crippen LogP contribution >= 0.6 is 0 Å². The monoisotopic (exact) mass is 658 g/mol. The molecule has 1 aliphatic heterocycles. The van der Waals surface area contributed by atoms with E-state index in [1.165, 1.54) is 21.3 Å². The maximum absolute atomic E-state index is 13.2. The largest absolute Gasteiger partial charge is 0.490 e. The van der Waals surface area contributed by atoms with Gasteiger partial charge in [-0.05, 0) is 31.7 Å². The Hall–Kier alpha value is -4.30. The fraction of sp³-hybridized carbons (Fsp3) is 0.520. The summed E-state index contributed by atoms with van der Waals surface area (Å²) in [6.45, 7) is 0.681. The minimum Gasteiger partial charge on any atom is -0.475 e. The molecule has 2 aliphatic rings. The predicted octanol–water partition coefficient (Wildman–Crippen LogP) is 1.19. The number of anilines is 2. The Bertz CT molecular complexity index is 1670. The molecule has 246 valence electrons. The van der Waals surface area contributed by atoms with E-state index in [9.17, 15) is 31.2 Å². The van der Waals surface area contributed by atoms with Gasteiger partial charge in [0.1, 0.15) is 11.4 Å². The zero-order valence-corrected chi connectivity index (χ0v) is 24.9. The molecule has 0 aromatic carbocycles. The molecule has 2 amide bonds. The lowest BCUT2D eigenvalue weighted by Gasteiger charge is -2.30. The molecule has 1 saturated carbocycles. The predicted molar refractivity (Wildman–Crippen MR) is 154 cm³/mol. The van der Waals surface area contributed by atoms with Gasteiger partial charge in [0.05, 0.1) is 24.2 Å². The first-order valence-corrected chi connectivity index (χ1v) is 15.7. The van der Waals surface area contributed by atoms with Crippen molar-refractivity contribution in [1.82, 2.24) is 28.7 Å². The first-order chi connectivity index (χ1) is 21.0. The summed E-state index contributed by atoms with van der Waals surface area (Å²) >= 11 is 0. The molecule has 1 saturated heterocycles. The first kappa shape index (κ1) is 33.6. The van der Waals surface area contributed by atoms with Gasteiger partial charge in [-0.2, -0.15) is 23.4 Å². The molecule has 20 heteroatoms. The number of fused-ring (bicyclic) bond motifs is 1. The van der Waals surface area contributed by atoms with Crippen LogP contribution < -0.4 is 22.1 Å². The highest BCUT2D eigenvalue weighted by molar-refractivity contribution is 7.88. The molecule has 0 spiro atoms. The SMILES string of the molecule is CS(=O)(=O)N1CCC(n2cc(NC(=O)c3cnn4ccc(N[C@@H]5CCCC[C@@H]5N)nc34)c(C(N)=O)n2)CC1.O=C(O)C(F)(F)F. The molecule has 0 radical (unpaired) electrons. The molecule has 2 fully saturated rings. The van der Waals surface area contributed by atoms with Gasteiger partial charge in [-0.1, -0.05) is 12.8 Å². The number of nitrogens with zero attached hydrogens (tertiary/aromatic N) is 6. The number of aromatic nitrogens is 5. The number of nitrogens with two attached hydrogens (primary N) is 2. The van der Waals surface area contributed by atoms with Crippen LogP contribution in [0.25, 0.3) is 5.65 Å². The highest BCUT2D eigenvalue weighted by Crippen LogP contribution is 2.27. The van der Waals surface area contributed by atoms with Crippen LogP contribution in [0.3, 0.4) is 0 Å². The van der Waals surface area contributed by atoms with Gasteiger partial charge < -0.3 is 27.2 Å². The number of primary amides is 1. The summed E-state index contributed by atoms with van der Waals surface area (Å²) < 4.78 is 59.8. The van der Waals surface area contributed by atoms with E-state index in [-0.39, 0.29) is 35.1 Å². The maximum Gasteiger partial charge on any atom is 0.490 e. The maximum atomic E-state index is 13.2. The number of halogens is 3. The molecule has 2 atom stereocenters. The van der Waals surface area contributed by atoms with Crippen LogP contribution in [0.4, 0.5) is 24.7 Å². The van der Waals surface area contributed by atoms with Gasteiger partial charge in [0, 0.05) is 37.6 Å². The van der Waals surface area contributed by atoms with Gasteiger partial charge in [0.15, 0.2) is 11.3 Å². The number of rotatable bonds is 7. The molecule has 0 bridgehead atoms. The van der Waals surface area contributed by atoms with Crippen LogP contribution in [0.5, 0.6) is 0 Å². The van der Waals surface area contributed by atoms with Crippen molar-refractivity contribution in [2.75, 3.05) is 30.0 Å². The normalized spacial score (nSPS) is 19.8. The second-order valence-corrected chi connectivity index (χ2v) is 12.7. The van der Waals surface area contributed by atoms with Crippen molar-refractivity contribution in [3.05, 3.63) is 35.9 Å². The van der Waals surface area contributed by atoms with Crippen molar-refractivity contribution in [2.24, 2.45) is 11.5 Å². The second-order valence-electron chi connectivity index (χ2n) is 10.7. The molecule has 0 unspecified atom stereocenters. The second kappa shape index (κ2) is 13.4. The molecule has 1 aliphatic carbocycles. The number of amides is 2. The van der Waals surface area contributed by atoms with E-state index in [0.29, 0.717) is 37.4 Å². The molecule has 7 N–H and O–H groups in total. The highest BCUT2D eigenvalue weighted by atomic mass is 32.2. The van der Waals surface area contributed by atoms with Crippen LogP contribution in [-0.4, -0.2) is 97.6 Å². The number of aliphatic carboxylic acids is 1. The topological polar surface area (TPSA) is 233 Å². The van der Waals surface area contributed by atoms with E-state index < -0.39 is 34.0 Å². The van der Waals surface area contributed by atoms with Gasteiger partial charge in [0.2, 0.25) is 10.0 Å². The fourth-order valence-electron chi connectivity index (χ4n) is 5.12. The number of piperidine rings is 1. The van der Waals surface area contributed by atoms with Crippen molar-refractivity contribution in [2.45, 2.75) is 62.8 Å². The van der Waals surface area contributed by atoms with Crippen molar-refractivity contribution in [1.29, 1.82) is 0 Å². The van der Waals surface area contributed by atoms with Gasteiger partial charge in [-0.15, -0.1) is 0 Å². The van der Waals surface area contributed by atoms with E-state index in [2.05, 4.69) is 25.8 Å². The van der Waals surface area contributed by atoms with Crippen molar-refractivity contribution in [3.63, 3.8) is 0 Å². The molecule has 4 heterocycles. The molecule has 3 aromatic heterocycles. The number of hydrogen-bond donors (Lipinski definition) is 5. The summed E-state index contributed by atoms with van der Waals surface area (Å²) in [5.74, 6) is -3.47. The van der Waals surface area contributed by atoms with Crippen molar-refractivity contribution < 1.29 is 41.1 Å². The van der Waals surface area contributed by atoms with Crippen molar-refractivity contribution in [3.8, 4) is 0 Å². The minimum atomic E-state index is -5.08. The fourth-order valence-corrected chi connectivity index (χ4v) is 5.99. The van der Waals surface area contributed by atoms with E-state index in [0.717, 1.165) is 25.7 Å². The minimum absolute atomic E-state index is 0.0387. The zero-order chi connectivity index (χ0) is 33.1. The molecule has 5 rings (SSSR count). The van der Waals surface area contributed by atoms with Gasteiger partial charge in [-0.3, -0.25) is 14.3 Å². The average Bonchev–Trinajstić information content (AvgIpc) is 3.58. The number of alkyl halides is 3. The smallest absolute Gasteiger partial charge is 0.475 e. The van der Waals surface area contributed by atoms with Gasteiger partial charge >= 0.3 is 12.1 Å². The summed E-state index contributed by atoms with van der Waals surface area (Å²) in [5.41, 5.74) is 12.4. The zero-order valence-electron chi connectivity index (χ0n) is 24.1. The standard InChI is InChI=1S/C23H32N10O4S.C2HF3O2/c1-38(36,37)31-9-6-14(7-10-31)33-13-18(20(30-33)21(25)34)28-23(35)15-12-26-32-11-8-19(29-22(15)32)27-17-5-3-2-4-16(17)24;3-2(4,5)1(6)7/h8,11-14,16-17H,2-7,9-10,24H2,1H3,(H2,25,34)(H,27,29)(H,28,35);(H,6,7)/t16-,17+;/m0./s1. The number of carboxylic acid groups (broad SMARTS) is 1. The molecular formula is C25H33F3N10O6S. The van der Waals surface area contributed by atoms with Crippen LogP contribution in [-0.2, 0) is 14.8 Å². The number of hydrogen-bond acceptors (Lipinski definition) is 10. The van der Waals surface area contributed by atoms with Crippen LogP contribution in [0.2, 0.25) is 0 Å². The number of carboxylic acids is 1. The first-order valence-electron chi connectivity index (χ1n) is 13.9. The van der Waals surface area contributed by atoms with Gasteiger partial charge in [0.25, 0.3) is 11.8 Å². The summed E-state index contributed by atoms with van der Waals surface area (Å²) in [5, 5.41) is 21.8. The van der Waals surface area contributed by atoms with Crippen LogP contribution in [0.1, 0.15) is 65.4 Å². The van der Waals surface area contributed by atoms with E-state index >= 15 is 0 Å². The van der Waals surface area contributed by atoms with Crippen LogP contribution in [0, 0.1) is 0 Å². The third-order valence-corrected chi connectivity index (χ3v) is 8.79. The Morgan fingerprint density at radius 2 is 1.76 bits per heavy atom. The Morgan fingerprint density at radius 3 is 2.33 bits per heavy atom. The number of sulfonamides is 1. The number of carbonyl (C=O) groups excluding carboxylic acids is 2. The van der Waals surface area contributed by atoms with E-state index in [1.807, 2.05) is 0 Å². The number of nitrogens with one attached hydrogen (secondary N) is 2. The summed E-state index contributed by atoms with van der Waals surface area (Å²) in [6, 6.07) is 1.78. The Morgan fingerprint density at radius 1 is 1.11 bits per heavy atom. The molecular weight excluding hydrogens is 625 g/mol. The Balaban J connectivity index is 0.000000591. The Labute approximate surface area is 255 Å². The average molecular weight is 659 g/mol. The lowest BCUT2D eigenvalue weighted by molar-refractivity contribution is -0.192. The highest BCUT2D eigenvalue weighted by Gasteiger charge is 2.38. The number of carbonyl (C=O) groups is 3. The lowest BCUT2D eigenvalue weighted by Crippen LogP contribution is -2.42. The van der Waals surface area contributed by atoms with Crippen molar-refractivity contribution >= 4 is 45.0 Å². The van der Waals surface area contributed by atoms with E-state index in [4.69, 9.17) is 21.4 Å². The quantitative estimate of drug-likeness (QED) is 0.242. The lowest BCUT2D eigenvalue weighted by atomic mass is 9.91. The third-order valence-electron chi connectivity index (χ3n) is 7.49. The third kappa shape index (κ3) is 8.25. The molecule has 3 aromatic rings. The summed E-state index contributed by atoms with van der Waals surface area (Å²) in [4.78, 5) is 38.8. The van der Waals surface area contributed by atoms with E-state index in [1.54, 1.807) is 23.1 Å². The Kier molecular flexibility index (Phi) is 9.98. The van der Waals surface area contributed by atoms with Gasteiger partial charge in [-0.25, -0.2) is 27.0 Å². The molecule has 16 nitrogen and oxygen atoms in total. The molecule has 45 heavy (non-hydrogen) atoms.